The zero-order chi connectivity index (χ0) is 27.9. The number of carbonyl (C=O) groups excluding carboxylic acids is 3. The van der Waals surface area contributed by atoms with Crippen LogP contribution in [0.1, 0.15) is 62.9 Å². The Balaban J connectivity index is 1.31. The molecule has 0 fully saturated rings. The van der Waals surface area contributed by atoms with Crippen LogP contribution in [0.4, 0.5) is 0 Å². The molecule has 0 aliphatic heterocycles. The average Bonchev–Trinajstić information content (AvgIpc) is 3.33. The quantitative estimate of drug-likeness (QED) is 0.301. The first-order valence-electron chi connectivity index (χ1n) is 13.2. The summed E-state index contributed by atoms with van der Waals surface area (Å²) >= 11 is 0. The van der Waals surface area contributed by atoms with E-state index in [2.05, 4.69) is 21.4 Å². The van der Waals surface area contributed by atoms with Crippen LogP contribution in [-0.2, 0) is 22.4 Å². The van der Waals surface area contributed by atoms with E-state index in [1.165, 1.54) is 0 Å². The third-order valence-corrected chi connectivity index (χ3v) is 6.88. The van der Waals surface area contributed by atoms with Gasteiger partial charge in [0.15, 0.2) is 5.76 Å². The van der Waals surface area contributed by atoms with Crippen molar-refractivity contribution in [2.45, 2.75) is 38.5 Å². The van der Waals surface area contributed by atoms with Crippen molar-refractivity contribution in [2.24, 2.45) is 5.10 Å². The van der Waals surface area contributed by atoms with Gasteiger partial charge in [-0.3, -0.25) is 25.2 Å². The van der Waals surface area contributed by atoms with Gasteiger partial charge >= 0.3 is 5.91 Å². The lowest BCUT2D eigenvalue weighted by molar-refractivity contribution is -0.122. The molecule has 3 aromatic carbocycles. The van der Waals surface area contributed by atoms with Crippen molar-refractivity contribution in [2.75, 3.05) is 0 Å². The van der Waals surface area contributed by atoms with E-state index >= 15 is 0 Å². The first kappa shape index (κ1) is 26.6. The molecule has 3 amide bonds. The normalized spacial score (nSPS) is 13.5. The number of nitrogens with zero attached hydrogens (tertiary/aromatic N) is 1. The number of hydrogen-bond acceptors (Lipinski definition) is 5. The number of rotatable bonds is 7. The van der Waals surface area contributed by atoms with Gasteiger partial charge in [0.05, 0.1) is 18.1 Å². The van der Waals surface area contributed by atoms with Crippen LogP contribution in [0.15, 0.2) is 101 Å². The van der Waals surface area contributed by atoms with Gasteiger partial charge in [-0.2, -0.15) is 5.10 Å². The molecule has 0 atom stereocenters. The third-order valence-electron chi connectivity index (χ3n) is 6.88. The molecular formula is C32H30N4O4. The molecule has 8 heteroatoms. The predicted octanol–water partition coefficient (Wildman–Crippen LogP) is 4.58. The molecule has 1 aliphatic rings. The highest BCUT2D eigenvalue weighted by atomic mass is 16.4. The lowest BCUT2D eigenvalue weighted by Gasteiger charge is -2.18. The number of benzene rings is 3. The smallest absolute Gasteiger partial charge is 0.305 e. The molecule has 0 radical (unpaired) electrons. The molecule has 0 unspecified atom stereocenters. The molecule has 5 rings (SSSR count). The fraction of sp³-hybridized carbons (Fsp3) is 0.188. The molecule has 3 N–H and O–H groups in total. The van der Waals surface area contributed by atoms with E-state index in [4.69, 9.17) is 4.42 Å². The summed E-state index contributed by atoms with van der Waals surface area (Å²) in [5.41, 5.74) is 12.2. The summed E-state index contributed by atoms with van der Waals surface area (Å²) in [4.78, 5) is 38.6. The number of hydrazone groups is 1. The summed E-state index contributed by atoms with van der Waals surface area (Å²) in [6, 6.07) is 28.4. The number of hydrazine groups is 1. The van der Waals surface area contributed by atoms with Gasteiger partial charge in [0.2, 0.25) is 5.91 Å². The Morgan fingerprint density at radius 3 is 2.05 bits per heavy atom. The van der Waals surface area contributed by atoms with Crippen LogP contribution in [0, 0.1) is 6.92 Å². The minimum Gasteiger partial charge on any atom is -0.455 e. The number of furan rings is 1. The number of carbonyl (C=O) groups is 3. The van der Waals surface area contributed by atoms with E-state index in [9.17, 15) is 14.4 Å². The second kappa shape index (κ2) is 12.3. The summed E-state index contributed by atoms with van der Waals surface area (Å²) in [7, 11) is 0. The van der Waals surface area contributed by atoms with Crippen LogP contribution in [-0.4, -0.2) is 23.4 Å². The van der Waals surface area contributed by atoms with Gasteiger partial charge in [-0.25, -0.2) is 5.43 Å². The van der Waals surface area contributed by atoms with Crippen LogP contribution < -0.4 is 16.3 Å². The molecular weight excluding hydrogens is 504 g/mol. The molecule has 1 aliphatic carbocycles. The first-order valence-corrected chi connectivity index (χ1v) is 13.2. The van der Waals surface area contributed by atoms with E-state index < -0.39 is 11.8 Å². The number of fused-ring (bicyclic) bond motifs is 1. The van der Waals surface area contributed by atoms with Crippen molar-refractivity contribution in [1.29, 1.82) is 0 Å². The van der Waals surface area contributed by atoms with E-state index in [-0.39, 0.29) is 24.0 Å². The fourth-order valence-corrected chi connectivity index (χ4v) is 4.98. The van der Waals surface area contributed by atoms with Crippen molar-refractivity contribution in [3.05, 3.63) is 130 Å². The number of nitrogens with one attached hydrogen (secondary N) is 3. The Hall–Kier alpha value is -4.98. The highest BCUT2D eigenvalue weighted by Crippen LogP contribution is 2.30. The van der Waals surface area contributed by atoms with Crippen LogP contribution in [0.3, 0.4) is 0 Å². The maximum Gasteiger partial charge on any atom is 0.305 e. The van der Waals surface area contributed by atoms with E-state index in [1.54, 1.807) is 6.92 Å². The van der Waals surface area contributed by atoms with Gasteiger partial charge in [-0.1, -0.05) is 91.0 Å². The maximum absolute atomic E-state index is 13.4. The molecule has 4 aromatic rings. The van der Waals surface area contributed by atoms with Gasteiger partial charge in [-0.15, -0.1) is 0 Å². The van der Waals surface area contributed by atoms with Crippen molar-refractivity contribution < 1.29 is 18.8 Å². The summed E-state index contributed by atoms with van der Waals surface area (Å²) < 4.78 is 5.92. The second-order valence-corrected chi connectivity index (χ2v) is 9.66. The van der Waals surface area contributed by atoms with Crippen LogP contribution >= 0.6 is 0 Å². The monoisotopic (exact) mass is 534 g/mol. The number of amides is 3. The lowest BCUT2D eigenvalue weighted by Crippen LogP contribution is -2.42. The van der Waals surface area contributed by atoms with Crippen molar-refractivity contribution in [3.63, 3.8) is 0 Å². The molecule has 40 heavy (non-hydrogen) atoms. The summed E-state index contributed by atoms with van der Waals surface area (Å²) in [6.45, 7) is 1.78. The van der Waals surface area contributed by atoms with Crippen molar-refractivity contribution in [3.8, 4) is 0 Å². The molecule has 0 bridgehead atoms. The molecule has 0 saturated carbocycles. The van der Waals surface area contributed by atoms with Gasteiger partial charge in [0.1, 0.15) is 5.76 Å². The molecule has 0 spiro atoms. The summed E-state index contributed by atoms with van der Waals surface area (Å²) in [5.74, 6) is -0.925. The second-order valence-electron chi connectivity index (χ2n) is 9.66. The van der Waals surface area contributed by atoms with E-state index in [1.807, 2.05) is 91.0 Å². The molecule has 1 heterocycles. The Morgan fingerprint density at radius 2 is 1.43 bits per heavy atom. The Bertz CT molecular complexity index is 1490. The van der Waals surface area contributed by atoms with Crippen LogP contribution in [0.25, 0.3) is 0 Å². The van der Waals surface area contributed by atoms with Crippen molar-refractivity contribution >= 4 is 23.4 Å². The highest BCUT2D eigenvalue weighted by molar-refractivity contribution is 6.07. The molecule has 1 aromatic heterocycles. The maximum atomic E-state index is 13.4. The lowest BCUT2D eigenvalue weighted by atomic mass is 9.90. The van der Waals surface area contributed by atoms with Gasteiger partial charge < -0.3 is 4.42 Å². The molecule has 8 nitrogen and oxygen atoms in total. The van der Waals surface area contributed by atoms with Gasteiger partial charge in [0.25, 0.3) is 5.91 Å². The average molecular weight is 535 g/mol. The minimum atomic E-state index is -0.551. The fourth-order valence-electron chi connectivity index (χ4n) is 4.98. The van der Waals surface area contributed by atoms with Gasteiger partial charge in [-0.05, 0) is 36.5 Å². The topological polar surface area (TPSA) is 113 Å². The Labute approximate surface area is 232 Å². The van der Waals surface area contributed by atoms with Crippen LogP contribution in [0.5, 0.6) is 0 Å². The SMILES string of the molecule is Cc1c(C(=O)NNC(=O)Cc2ccccc2)oc2c1/C(=N/NC(=O)C(c1ccccc1)c1ccccc1)CCC2. The van der Waals surface area contributed by atoms with E-state index in [0.717, 1.165) is 28.7 Å². The summed E-state index contributed by atoms with van der Waals surface area (Å²) in [6.07, 6.45) is 2.18. The van der Waals surface area contributed by atoms with Crippen LogP contribution in [0.2, 0.25) is 0 Å². The zero-order valence-electron chi connectivity index (χ0n) is 22.1. The molecule has 202 valence electrons. The highest BCUT2D eigenvalue weighted by Gasteiger charge is 2.29. The third kappa shape index (κ3) is 6.02. The zero-order valence-corrected chi connectivity index (χ0v) is 22.1. The largest absolute Gasteiger partial charge is 0.455 e. The Morgan fingerprint density at radius 1 is 0.825 bits per heavy atom. The molecule has 0 saturated heterocycles. The standard InChI is InChI=1S/C32H30N4O4/c1-21-28-25(33-35-31(38)29(23-14-7-3-8-15-23)24-16-9-4-10-17-24)18-11-19-26(28)40-30(21)32(39)36-34-27(37)20-22-12-5-2-6-13-22/h2-10,12-17,29H,11,18-20H2,1H3,(H,34,37)(H,35,38)(H,36,39)/b33-25+. The minimum absolute atomic E-state index is 0.109. The first-order chi connectivity index (χ1) is 19.5. The van der Waals surface area contributed by atoms with Crippen molar-refractivity contribution in [1.82, 2.24) is 16.3 Å². The summed E-state index contributed by atoms with van der Waals surface area (Å²) in [5, 5.41) is 4.51. The van der Waals surface area contributed by atoms with Gasteiger partial charge in [0, 0.05) is 17.5 Å². The number of aryl methyl sites for hydroxylation is 1. The van der Waals surface area contributed by atoms with E-state index in [0.29, 0.717) is 29.9 Å². The number of hydrogen-bond donors (Lipinski definition) is 3. The Kier molecular flexibility index (Phi) is 8.15. The predicted molar refractivity (Wildman–Crippen MR) is 152 cm³/mol.